The molecule has 0 aromatic heterocycles. The van der Waals surface area contributed by atoms with E-state index in [2.05, 4.69) is 15.9 Å². The first kappa shape index (κ1) is 9.46. The summed E-state index contributed by atoms with van der Waals surface area (Å²) in [7, 11) is 0. The Bertz CT molecular complexity index is 149. The standard InChI is InChI=1S/C8H14BrFO/c1-4-6-5(2)8(3,10)7(9)11-6/h5-7H,4H2,1-3H3/t5-,6-,7+,8-/m1/s1. The van der Waals surface area contributed by atoms with Crippen molar-refractivity contribution in [2.24, 2.45) is 5.92 Å². The fraction of sp³-hybridized carbons (Fsp3) is 1.00. The average molecular weight is 225 g/mol. The first-order valence-electron chi connectivity index (χ1n) is 3.98. The van der Waals surface area contributed by atoms with Crippen LogP contribution in [-0.4, -0.2) is 16.8 Å². The molecule has 3 heteroatoms. The van der Waals surface area contributed by atoms with Gasteiger partial charge in [0.05, 0.1) is 6.10 Å². The van der Waals surface area contributed by atoms with E-state index in [4.69, 9.17) is 4.74 Å². The normalized spacial score (nSPS) is 51.5. The Morgan fingerprint density at radius 2 is 2.18 bits per heavy atom. The number of hydrogen-bond donors (Lipinski definition) is 0. The summed E-state index contributed by atoms with van der Waals surface area (Å²) in [5.74, 6) is -0.0168. The molecule has 1 fully saturated rings. The van der Waals surface area contributed by atoms with E-state index < -0.39 is 10.7 Å². The van der Waals surface area contributed by atoms with E-state index in [1.165, 1.54) is 0 Å². The van der Waals surface area contributed by atoms with Gasteiger partial charge in [-0.15, -0.1) is 0 Å². The van der Waals surface area contributed by atoms with Crippen molar-refractivity contribution in [1.29, 1.82) is 0 Å². The molecule has 0 spiro atoms. The van der Waals surface area contributed by atoms with E-state index in [1.807, 2.05) is 13.8 Å². The average Bonchev–Trinajstić information content (AvgIpc) is 2.14. The highest BCUT2D eigenvalue weighted by Crippen LogP contribution is 2.42. The van der Waals surface area contributed by atoms with Crippen LogP contribution in [0, 0.1) is 5.92 Å². The van der Waals surface area contributed by atoms with Gasteiger partial charge in [-0.25, -0.2) is 4.39 Å². The topological polar surface area (TPSA) is 9.23 Å². The first-order chi connectivity index (χ1) is 5.00. The van der Waals surface area contributed by atoms with E-state index in [0.29, 0.717) is 0 Å². The first-order valence-corrected chi connectivity index (χ1v) is 4.90. The Morgan fingerprint density at radius 1 is 1.64 bits per heavy atom. The van der Waals surface area contributed by atoms with Gasteiger partial charge in [-0.1, -0.05) is 29.8 Å². The van der Waals surface area contributed by atoms with E-state index in [0.717, 1.165) is 6.42 Å². The van der Waals surface area contributed by atoms with Crippen molar-refractivity contribution < 1.29 is 9.13 Å². The fourth-order valence-electron chi connectivity index (χ4n) is 1.42. The highest BCUT2D eigenvalue weighted by molar-refractivity contribution is 9.09. The molecular formula is C8H14BrFO. The van der Waals surface area contributed by atoms with Crippen LogP contribution in [0.25, 0.3) is 0 Å². The van der Waals surface area contributed by atoms with Gasteiger partial charge in [0.2, 0.25) is 0 Å². The fourth-order valence-corrected chi connectivity index (χ4v) is 2.12. The maximum atomic E-state index is 13.7. The van der Waals surface area contributed by atoms with E-state index in [1.54, 1.807) is 6.92 Å². The molecule has 1 rings (SSSR count). The van der Waals surface area contributed by atoms with Crippen LogP contribution >= 0.6 is 15.9 Å². The van der Waals surface area contributed by atoms with E-state index in [-0.39, 0.29) is 12.0 Å². The maximum absolute atomic E-state index is 13.7. The Balaban J connectivity index is 2.71. The molecule has 0 radical (unpaired) electrons. The van der Waals surface area contributed by atoms with Gasteiger partial charge in [0.25, 0.3) is 0 Å². The third-order valence-corrected chi connectivity index (χ3v) is 3.70. The van der Waals surface area contributed by atoms with Crippen LogP contribution in [0.4, 0.5) is 4.39 Å². The number of alkyl halides is 2. The van der Waals surface area contributed by atoms with Crippen molar-refractivity contribution in [3.8, 4) is 0 Å². The molecule has 0 aliphatic carbocycles. The molecule has 66 valence electrons. The summed E-state index contributed by atoms with van der Waals surface area (Å²) in [6.07, 6.45) is 0.942. The monoisotopic (exact) mass is 224 g/mol. The molecule has 1 aliphatic heterocycles. The number of hydrogen-bond acceptors (Lipinski definition) is 1. The minimum absolute atomic E-state index is 0.0168. The lowest BCUT2D eigenvalue weighted by molar-refractivity contribution is 0.0639. The van der Waals surface area contributed by atoms with Crippen molar-refractivity contribution in [1.82, 2.24) is 0 Å². The lowest BCUT2D eigenvalue weighted by Gasteiger charge is -2.20. The van der Waals surface area contributed by atoms with Gasteiger partial charge < -0.3 is 4.74 Å². The third-order valence-electron chi connectivity index (χ3n) is 2.59. The molecule has 11 heavy (non-hydrogen) atoms. The van der Waals surface area contributed by atoms with Crippen molar-refractivity contribution in [3.63, 3.8) is 0 Å². The quantitative estimate of drug-likeness (QED) is 0.623. The molecule has 0 N–H and O–H groups in total. The minimum Gasteiger partial charge on any atom is -0.360 e. The molecular weight excluding hydrogens is 211 g/mol. The van der Waals surface area contributed by atoms with E-state index >= 15 is 0 Å². The highest BCUT2D eigenvalue weighted by Gasteiger charge is 2.49. The third kappa shape index (κ3) is 1.45. The smallest absolute Gasteiger partial charge is 0.149 e. The lowest BCUT2D eigenvalue weighted by atomic mass is 9.90. The predicted molar refractivity (Wildman–Crippen MR) is 46.6 cm³/mol. The van der Waals surface area contributed by atoms with Gasteiger partial charge in [-0.2, -0.15) is 0 Å². The molecule has 0 bridgehead atoms. The predicted octanol–water partition coefficient (Wildman–Crippen LogP) is 2.88. The summed E-state index contributed by atoms with van der Waals surface area (Å²) in [5, 5.41) is -0.435. The van der Waals surface area contributed by atoms with Crippen LogP contribution in [0.2, 0.25) is 0 Å². The summed E-state index contributed by atoms with van der Waals surface area (Å²) < 4.78 is 19.0. The zero-order chi connectivity index (χ0) is 8.65. The highest BCUT2D eigenvalue weighted by atomic mass is 79.9. The molecule has 1 saturated heterocycles. The largest absolute Gasteiger partial charge is 0.360 e. The second-order valence-corrected chi connectivity index (χ2v) is 4.17. The Hall–Kier alpha value is 0.370. The molecule has 0 saturated carbocycles. The van der Waals surface area contributed by atoms with Crippen LogP contribution < -0.4 is 0 Å². The molecule has 0 unspecified atom stereocenters. The molecule has 1 aliphatic rings. The zero-order valence-corrected chi connectivity index (χ0v) is 8.69. The molecule has 0 aromatic rings. The minimum atomic E-state index is -1.22. The van der Waals surface area contributed by atoms with Crippen LogP contribution in [0.15, 0.2) is 0 Å². The van der Waals surface area contributed by atoms with Crippen LogP contribution in [0.5, 0.6) is 0 Å². The molecule has 4 atom stereocenters. The summed E-state index contributed by atoms with van der Waals surface area (Å²) in [4.78, 5) is 0. The second kappa shape index (κ2) is 3.02. The lowest BCUT2D eigenvalue weighted by Crippen LogP contribution is -2.31. The van der Waals surface area contributed by atoms with Crippen molar-refractivity contribution in [2.75, 3.05) is 0 Å². The molecule has 1 heterocycles. The molecule has 1 nitrogen and oxygen atoms in total. The summed E-state index contributed by atoms with van der Waals surface area (Å²) in [6, 6.07) is 0. The number of ether oxygens (including phenoxy) is 1. The molecule has 0 amide bonds. The Kier molecular flexibility index (Phi) is 2.59. The maximum Gasteiger partial charge on any atom is 0.149 e. The van der Waals surface area contributed by atoms with Gasteiger partial charge in [0.1, 0.15) is 10.7 Å². The van der Waals surface area contributed by atoms with Crippen molar-refractivity contribution in [2.45, 2.75) is 44.0 Å². The van der Waals surface area contributed by atoms with E-state index in [9.17, 15) is 4.39 Å². The van der Waals surface area contributed by atoms with Gasteiger partial charge >= 0.3 is 0 Å². The van der Waals surface area contributed by atoms with Crippen LogP contribution in [0.1, 0.15) is 27.2 Å². The summed E-state index contributed by atoms with van der Waals surface area (Å²) in [5.41, 5.74) is -1.22. The number of rotatable bonds is 1. The van der Waals surface area contributed by atoms with Crippen LogP contribution in [0.3, 0.4) is 0 Å². The molecule has 0 aromatic carbocycles. The summed E-state index contributed by atoms with van der Waals surface area (Å²) >= 11 is 3.18. The van der Waals surface area contributed by atoms with Crippen LogP contribution in [-0.2, 0) is 4.74 Å². The Labute approximate surface area is 75.4 Å². The summed E-state index contributed by atoms with van der Waals surface area (Å²) in [6.45, 7) is 5.50. The van der Waals surface area contributed by atoms with Gasteiger partial charge in [-0.3, -0.25) is 0 Å². The van der Waals surface area contributed by atoms with Crippen molar-refractivity contribution >= 4 is 15.9 Å². The Morgan fingerprint density at radius 3 is 2.36 bits per heavy atom. The van der Waals surface area contributed by atoms with Gasteiger partial charge in [0, 0.05) is 5.92 Å². The second-order valence-electron chi connectivity index (χ2n) is 3.34. The zero-order valence-electron chi connectivity index (χ0n) is 7.10. The van der Waals surface area contributed by atoms with Gasteiger partial charge in [0.15, 0.2) is 0 Å². The SMILES string of the molecule is CC[C@H]1O[C@H](Br)[C@](C)(F)[C@@H]1C. The van der Waals surface area contributed by atoms with Gasteiger partial charge in [-0.05, 0) is 13.3 Å². The van der Waals surface area contributed by atoms with Crippen molar-refractivity contribution in [3.05, 3.63) is 0 Å². The number of halogens is 2.